The lowest BCUT2D eigenvalue weighted by atomic mass is 10.0. The van der Waals surface area contributed by atoms with Crippen molar-refractivity contribution in [2.24, 2.45) is 0 Å². The lowest BCUT2D eigenvalue weighted by molar-refractivity contribution is 0.0952. The molecule has 0 aliphatic rings. The van der Waals surface area contributed by atoms with Crippen LogP contribution in [-0.2, 0) is 0 Å². The highest BCUT2D eigenvalue weighted by Gasteiger charge is 2.14. The molecule has 3 N–H and O–H groups in total. The first-order valence-corrected chi connectivity index (χ1v) is 7.58. The van der Waals surface area contributed by atoms with Gasteiger partial charge in [0.25, 0.3) is 5.91 Å². The molecule has 0 fully saturated rings. The predicted molar refractivity (Wildman–Crippen MR) is 94.5 cm³/mol. The number of fused-ring (bicyclic) bond motifs is 2. The van der Waals surface area contributed by atoms with Crippen LogP contribution in [0.15, 0.2) is 42.5 Å². The summed E-state index contributed by atoms with van der Waals surface area (Å²) < 4.78 is 0. The molecule has 118 valence electrons. The van der Waals surface area contributed by atoms with Gasteiger partial charge in [0.1, 0.15) is 0 Å². The fourth-order valence-corrected chi connectivity index (χ4v) is 2.62. The van der Waals surface area contributed by atoms with Crippen LogP contribution >= 0.6 is 0 Å². The summed E-state index contributed by atoms with van der Waals surface area (Å²) in [5, 5.41) is 4.65. The van der Waals surface area contributed by atoms with Crippen molar-refractivity contribution in [1.82, 2.24) is 15.2 Å². The van der Waals surface area contributed by atoms with E-state index in [1.165, 1.54) is 0 Å². The van der Waals surface area contributed by atoms with Crippen LogP contribution in [0.3, 0.4) is 0 Å². The van der Waals surface area contributed by atoms with Crippen molar-refractivity contribution in [2.75, 3.05) is 32.9 Å². The molecule has 1 heterocycles. The van der Waals surface area contributed by atoms with Gasteiger partial charge in [-0.25, -0.2) is 4.98 Å². The van der Waals surface area contributed by atoms with Crippen LogP contribution in [0.2, 0.25) is 0 Å². The van der Waals surface area contributed by atoms with E-state index in [0.29, 0.717) is 23.3 Å². The Labute approximate surface area is 135 Å². The molecular weight excluding hydrogens is 288 g/mol. The highest BCUT2D eigenvalue weighted by Crippen LogP contribution is 2.29. The first-order chi connectivity index (χ1) is 11.1. The number of nitrogen functional groups attached to an aromatic ring is 1. The van der Waals surface area contributed by atoms with Crippen molar-refractivity contribution >= 4 is 33.4 Å². The summed E-state index contributed by atoms with van der Waals surface area (Å²) in [5.74, 6) is -0.125. The molecule has 5 nitrogen and oxygen atoms in total. The number of pyridine rings is 1. The third-order valence-electron chi connectivity index (χ3n) is 3.84. The summed E-state index contributed by atoms with van der Waals surface area (Å²) in [6.45, 7) is 1.38. The third-order valence-corrected chi connectivity index (χ3v) is 3.84. The molecule has 0 aliphatic carbocycles. The average Bonchev–Trinajstić information content (AvgIpc) is 2.54. The Morgan fingerprint density at radius 3 is 2.65 bits per heavy atom. The van der Waals surface area contributed by atoms with Crippen molar-refractivity contribution < 1.29 is 4.79 Å². The number of nitrogens with two attached hydrogens (primary N) is 1. The number of para-hydroxylation sites is 2. The van der Waals surface area contributed by atoms with Gasteiger partial charge in [0, 0.05) is 23.9 Å². The second-order valence-electron chi connectivity index (χ2n) is 5.80. The van der Waals surface area contributed by atoms with E-state index in [4.69, 9.17) is 5.73 Å². The van der Waals surface area contributed by atoms with Crippen LogP contribution in [-0.4, -0.2) is 43.0 Å². The largest absolute Gasteiger partial charge is 0.398 e. The Hall–Kier alpha value is -2.66. The fourth-order valence-electron chi connectivity index (χ4n) is 2.62. The van der Waals surface area contributed by atoms with Gasteiger partial charge in [0.2, 0.25) is 0 Å². The molecule has 5 heteroatoms. The standard InChI is InChI=1S/C18H20N4O/c1-22(2)11-10-20-18(23)14-8-5-7-13-16(19)12-6-3-4-9-15(12)21-17(13)14/h3-9H,10-11H2,1-2H3,(H2,19,21)(H,20,23). The van der Waals surface area contributed by atoms with Gasteiger partial charge in [-0.3, -0.25) is 4.79 Å². The van der Waals surface area contributed by atoms with Crippen LogP contribution in [0.5, 0.6) is 0 Å². The van der Waals surface area contributed by atoms with Crippen molar-refractivity contribution in [1.29, 1.82) is 0 Å². The SMILES string of the molecule is CN(C)CCNC(=O)c1cccc2c(N)c3ccccc3nc12. The van der Waals surface area contributed by atoms with Gasteiger partial charge in [-0.05, 0) is 26.2 Å². The van der Waals surface area contributed by atoms with Crippen molar-refractivity contribution in [2.45, 2.75) is 0 Å². The van der Waals surface area contributed by atoms with E-state index in [-0.39, 0.29) is 5.91 Å². The molecule has 0 bridgehead atoms. The van der Waals surface area contributed by atoms with E-state index in [0.717, 1.165) is 22.8 Å². The summed E-state index contributed by atoms with van der Waals surface area (Å²) in [5.41, 5.74) is 8.94. The van der Waals surface area contributed by atoms with Crippen molar-refractivity contribution in [3.63, 3.8) is 0 Å². The van der Waals surface area contributed by atoms with Crippen LogP contribution in [0.4, 0.5) is 5.69 Å². The quantitative estimate of drug-likeness (QED) is 0.725. The molecule has 0 saturated carbocycles. The number of benzene rings is 2. The minimum Gasteiger partial charge on any atom is -0.398 e. The number of amides is 1. The Morgan fingerprint density at radius 2 is 1.87 bits per heavy atom. The highest BCUT2D eigenvalue weighted by atomic mass is 16.1. The van der Waals surface area contributed by atoms with Gasteiger partial charge in [0.05, 0.1) is 22.3 Å². The van der Waals surface area contributed by atoms with Gasteiger partial charge in [-0.15, -0.1) is 0 Å². The number of hydrogen-bond acceptors (Lipinski definition) is 4. The lowest BCUT2D eigenvalue weighted by Crippen LogP contribution is -2.31. The Kier molecular flexibility index (Phi) is 4.12. The van der Waals surface area contributed by atoms with Crippen LogP contribution < -0.4 is 11.1 Å². The average molecular weight is 308 g/mol. The molecule has 0 unspecified atom stereocenters. The number of nitrogens with one attached hydrogen (secondary N) is 1. The highest BCUT2D eigenvalue weighted by molar-refractivity contribution is 6.13. The van der Waals surface area contributed by atoms with Crippen LogP contribution in [0, 0.1) is 0 Å². The normalized spacial score (nSPS) is 11.3. The van der Waals surface area contributed by atoms with Crippen molar-refractivity contribution in [3.05, 3.63) is 48.0 Å². The predicted octanol–water partition coefficient (Wildman–Crippen LogP) is 2.26. The zero-order valence-corrected chi connectivity index (χ0v) is 13.3. The number of carbonyl (C=O) groups is 1. The van der Waals surface area contributed by atoms with Crippen LogP contribution in [0.1, 0.15) is 10.4 Å². The summed E-state index contributed by atoms with van der Waals surface area (Å²) in [7, 11) is 3.94. The first-order valence-electron chi connectivity index (χ1n) is 7.58. The third kappa shape index (κ3) is 2.96. The summed E-state index contributed by atoms with van der Waals surface area (Å²) in [6.07, 6.45) is 0. The van der Waals surface area contributed by atoms with E-state index < -0.39 is 0 Å². The fraction of sp³-hybridized carbons (Fsp3) is 0.222. The number of rotatable bonds is 4. The molecular formula is C18H20N4O. The summed E-state index contributed by atoms with van der Waals surface area (Å²) in [6, 6.07) is 13.2. The van der Waals surface area contributed by atoms with Gasteiger partial charge in [-0.1, -0.05) is 30.3 Å². The number of carbonyl (C=O) groups excluding carboxylic acids is 1. The van der Waals surface area contributed by atoms with E-state index in [2.05, 4.69) is 10.3 Å². The Balaban J connectivity index is 2.06. The summed E-state index contributed by atoms with van der Waals surface area (Å²) in [4.78, 5) is 19.1. The van der Waals surface area contributed by atoms with Gasteiger partial charge in [-0.2, -0.15) is 0 Å². The monoisotopic (exact) mass is 308 g/mol. The second kappa shape index (κ2) is 6.22. The molecule has 1 aromatic heterocycles. The van der Waals surface area contributed by atoms with E-state index >= 15 is 0 Å². The molecule has 0 saturated heterocycles. The van der Waals surface area contributed by atoms with E-state index in [9.17, 15) is 4.79 Å². The number of aromatic nitrogens is 1. The smallest absolute Gasteiger partial charge is 0.253 e. The van der Waals surface area contributed by atoms with Gasteiger partial charge in [0.15, 0.2) is 0 Å². The first kappa shape index (κ1) is 15.2. The minimum absolute atomic E-state index is 0.125. The number of likely N-dealkylation sites (N-methyl/N-ethyl adjacent to an activating group) is 1. The molecule has 3 aromatic rings. The van der Waals surface area contributed by atoms with Crippen molar-refractivity contribution in [3.8, 4) is 0 Å². The molecule has 0 radical (unpaired) electrons. The zero-order valence-electron chi connectivity index (χ0n) is 13.3. The van der Waals surface area contributed by atoms with Crippen LogP contribution in [0.25, 0.3) is 21.8 Å². The molecule has 0 atom stereocenters. The van der Waals surface area contributed by atoms with E-state index in [1.807, 2.05) is 55.4 Å². The number of anilines is 1. The number of nitrogens with zero attached hydrogens (tertiary/aromatic N) is 2. The molecule has 3 rings (SSSR count). The molecule has 23 heavy (non-hydrogen) atoms. The zero-order chi connectivity index (χ0) is 16.4. The molecule has 2 aromatic carbocycles. The maximum absolute atomic E-state index is 12.5. The molecule has 0 aliphatic heterocycles. The maximum atomic E-state index is 12.5. The Bertz CT molecular complexity index is 873. The minimum atomic E-state index is -0.125. The summed E-state index contributed by atoms with van der Waals surface area (Å²) >= 11 is 0. The number of hydrogen-bond donors (Lipinski definition) is 2. The second-order valence-corrected chi connectivity index (χ2v) is 5.80. The lowest BCUT2D eigenvalue weighted by Gasteiger charge is -2.12. The van der Waals surface area contributed by atoms with Gasteiger partial charge >= 0.3 is 0 Å². The molecule has 1 amide bonds. The molecule has 0 spiro atoms. The van der Waals surface area contributed by atoms with Gasteiger partial charge < -0.3 is 16.0 Å². The van der Waals surface area contributed by atoms with E-state index in [1.54, 1.807) is 6.07 Å². The maximum Gasteiger partial charge on any atom is 0.253 e. The Morgan fingerprint density at radius 1 is 1.13 bits per heavy atom. The topological polar surface area (TPSA) is 71.2 Å².